The van der Waals surface area contributed by atoms with Crippen molar-refractivity contribution in [2.45, 2.75) is 20.0 Å². The second-order valence-corrected chi connectivity index (χ2v) is 3.39. The first-order valence-electron chi connectivity index (χ1n) is 4.92. The largest absolute Gasteiger partial charge is 0.492 e. The normalized spacial score (nSPS) is 11.4. The number of alkyl halides is 3. The van der Waals surface area contributed by atoms with Crippen molar-refractivity contribution in [1.29, 1.82) is 0 Å². The molecule has 6 heteroatoms. The molecule has 0 saturated carbocycles. The van der Waals surface area contributed by atoms with Gasteiger partial charge in [0.05, 0.1) is 23.4 Å². The highest BCUT2D eigenvalue weighted by Crippen LogP contribution is 2.38. The summed E-state index contributed by atoms with van der Waals surface area (Å²) in [5, 5.41) is 0. The van der Waals surface area contributed by atoms with Gasteiger partial charge in [0.2, 0.25) is 0 Å². The fourth-order valence-electron chi connectivity index (χ4n) is 1.50. The SMILES string of the molecule is CCOc1ccc(C(F)(F)F)c(C(C)=O)c1N. The maximum absolute atomic E-state index is 12.7. The molecule has 0 unspecified atom stereocenters. The highest BCUT2D eigenvalue weighted by atomic mass is 19.4. The third-order valence-electron chi connectivity index (χ3n) is 2.16. The van der Waals surface area contributed by atoms with E-state index in [1.807, 2.05) is 0 Å². The average Bonchev–Trinajstić information content (AvgIpc) is 2.18. The highest BCUT2D eigenvalue weighted by Gasteiger charge is 2.36. The summed E-state index contributed by atoms with van der Waals surface area (Å²) < 4.78 is 43.0. The summed E-state index contributed by atoms with van der Waals surface area (Å²) in [6.07, 6.45) is -4.61. The van der Waals surface area contributed by atoms with Crippen LogP contribution in [0.3, 0.4) is 0 Å². The monoisotopic (exact) mass is 247 g/mol. The van der Waals surface area contributed by atoms with Crippen LogP contribution in [0, 0.1) is 0 Å². The van der Waals surface area contributed by atoms with Gasteiger partial charge in [-0.25, -0.2) is 0 Å². The van der Waals surface area contributed by atoms with Gasteiger partial charge < -0.3 is 10.5 Å². The zero-order valence-corrected chi connectivity index (χ0v) is 9.39. The molecule has 0 heterocycles. The topological polar surface area (TPSA) is 52.3 Å². The van der Waals surface area contributed by atoms with Gasteiger partial charge in [0, 0.05) is 0 Å². The maximum atomic E-state index is 12.7. The molecule has 1 rings (SSSR count). The lowest BCUT2D eigenvalue weighted by molar-refractivity contribution is -0.137. The first-order chi connectivity index (χ1) is 7.79. The van der Waals surface area contributed by atoms with Crippen molar-refractivity contribution in [2.24, 2.45) is 0 Å². The molecule has 1 aromatic carbocycles. The van der Waals surface area contributed by atoms with E-state index in [2.05, 4.69) is 0 Å². The van der Waals surface area contributed by atoms with E-state index in [1.165, 1.54) is 0 Å². The molecule has 0 aromatic heterocycles. The lowest BCUT2D eigenvalue weighted by atomic mass is 10.0. The minimum atomic E-state index is -4.61. The Kier molecular flexibility index (Phi) is 3.65. The zero-order valence-electron chi connectivity index (χ0n) is 9.39. The van der Waals surface area contributed by atoms with Crippen LogP contribution >= 0.6 is 0 Å². The van der Waals surface area contributed by atoms with Crippen LogP contribution in [0.15, 0.2) is 12.1 Å². The van der Waals surface area contributed by atoms with Gasteiger partial charge in [-0.1, -0.05) is 0 Å². The molecule has 94 valence electrons. The highest BCUT2D eigenvalue weighted by molar-refractivity contribution is 6.02. The third kappa shape index (κ3) is 2.69. The Morgan fingerprint density at radius 1 is 1.41 bits per heavy atom. The van der Waals surface area contributed by atoms with Crippen LogP contribution < -0.4 is 10.5 Å². The molecule has 17 heavy (non-hydrogen) atoms. The summed E-state index contributed by atoms with van der Waals surface area (Å²) in [5.41, 5.74) is 3.68. The number of benzene rings is 1. The number of hydrogen-bond donors (Lipinski definition) is 1. The average molecular weight is 247 g/mol. The van der Waals surface area contributed by atoms with Gasteiger partial charge in [-0.3, -0.25) is 4.79 Å². The maximum Gasteiger partial charge on any atom is 0.417 e. The van der Waals surface area contributed by atoms with Gasteiger partial charge in [0.15, 0.2) is 5.78 Å². The Labute approximate surface area is 96.4 Å². The quantitative estimate of drug-likeness (QED) is 0.660. The number of ketones is 1. The predicted molar refractivity (Wildman–Crippen MR) is 57.0 cm³/mol. The first-order valence-corrected chi connectivity index (χ1v) is 4.92. The van der Waals surface area contributed by atoms with Crippen molar-refractivity contribution < 1.29 is 22.7 Å². The molecule has 1 aromatic rings. The van der Waals surface area contributed by atoms with Crippen molar-refractivity contribution in [3.63, 3.8) is 0 Å². The van der Waals surface area contributed by atoms with Crippen LogP contribution in [-0.4, -0.2) is 12.4 Å². The Hall–Kier alpha value is -1.72. The van der Waals surface area contributed by atoms with Gasteiger partial charge in [-0.05, 0) is 26.0 Å². The first kappa shape index (κ1) is 13.3. The van der Waals surface area contributed by atoms with E-state index in [9.17, 15) is 18.0 Å². The van der Waals surface area contributed by atoms with Crippen LogP contribution in [0.2, 0.25) is 0 Å². The molecule has 0 aliphatic carbocycles. The minimum Gasteiger partial charge on any atom is -0.492 e. The second-order valence-electron chi connectivity index (χ2n) is 3.39. The van der Waals surface area contributed by atoms with Gasteiger partial charge in [0.25, 0.3) is 0 Å². The molecule has 2 N–H and O–H groups in total. The molecule has 0 bridgehead atoms. The number of nitrogen functional groups attached to an aromatic ring is 1. The van der Waals surface area contributed by atoms with Crippen molar-refractivity contribution in [2.75, 3.05) is 12.3 Å². The van der Waals surface area contributed by atoms with E-state index in [0.717, 1.165) is 19.1 Å². The van der Waals surface area contributed by atoms with Gasteiger partial charge in [0.1, 0.15) is 5.75 Å². The molecule has 0 atom stereocenters. The summed E-state index contributed by atoms with van der Waals surface area (Å²) in [6.45, 7) is 2.97. The molecule has 0 aliphatic heterocycles. The van der Waals surface area contributed by atoms with Gasteiger partial charge in [-0.15, -0.1) is 0 Å². The number of halogens is 3. The van der Waals surface area contributed by atoms with Crippen molar-refractivity contribution in [1.82, 2.24) is 0 Å². The van der Waals surface area contributed by atoms with E-state index in [1.54, 1.807) is 6.92 Å². The lowest BCUT2D eigenvalue weighted by Crippen LogP contribution is -2.15. The van der Waals surface area contributed by atoms with Crippen LogP contribution in [-0.2, 0) is 6.18 Å². The number of carbonyl (C=O) groups excluding carboxylic acids is 1. The number of anilines is 1. The Morgan fingerprint density at radius 3 is 2.41 bits per heavy atom. The van der Waals surface area contributed by atoms with E-state index in [4.69, 9.17) is 10.5 Å². The summed E-state index contributed by atoms with van der Waals surface area (Å²) in [5.74, 6) is -0.651. The standard InChI is InChI=1S/C11H12F3NO2/c1-3-17-8-5-4-7(11(12,13)14)9(6(2)16)10(8)15/h4-5H,3,15H2,1-2H3. The number of carbonyl (C=O) groups is 1. The van der Waals surface area contributed by atoms with Crippen molar-refractivity contribution in [3.05, 3.63) is 23.3 Å². The van der Waals surface area contributed by atoms with Crippen LogP contribution in [0.4, 0.5) is 18.9 Å². The second kappa shape index (κ2) is 4.65. The molecular formula is C11H12F3NO2. The molecule has 0 radical (unpaired) electrons. The molecular weight excluding hydrogens is 235 g/mol. The number of nitrogens with two attached hydrogens (primary N) is 1. The number of ether oxygens (including phenoxy) is 1. The third-order valence-corrected chi connectivity index (χ3v) is 2.16. The zero-order chi connectivity index (χ0) is 13.2. The van der Waals surface area contributed by atoms with E-state index in [0.29, 0.717) is 0 Å². The van der Waals surface area contributed by atoms with Crippen molar-refractivity contribution in [3.8, 4) is 5.75 Å². The molecule has 0 fully saturated rings. The van der Waals surface area contributed by atoms with Crippen molar-refractivity contribution >= 4 is 11.5 Å². The molecule has 0 aliphatic rings. The fourth-order valence-corrected chi connectivity index (χ4v) is 1.50. The number of hydrogen-bond acceptors (Lipinski definition) is 3. The minimum absolute atomic E-state index is 0.0886. The van der Waals surface area contributed by atoms with Gasteiger partial charge in [-0.2, -0.15) is 13.2 Å². The van der Waals surface area contributed by atoms with Crippen LogP contribution in [0.5, 0.6) is 5.75 Å². The number of rotatable bonds is 3. The van der Waals surface area contributed by atoms with E-state index in [-0.39, 0.29) is 18.0 Å². The molecule has 0 saturated heterocycles. The van der Waals surface area contributed by atoms with E-state index < -0.39 is 23.1 Å². The van der Waals surface area contributed by atoms with Gasteiger partial charge >= 0.3 is 6.18 Å². The predicted octanol–water partition coefficient (Wildman–Crippen LogP) is 2.89. The van der Waals surface area contributed by atoms with E-state index >= 15 is 0 Å². The Balaban J connectivity index is 3.45. The lowest BCUT2D eigenvalue weighted by Gasteiger charge is -2.15. The molecule has 3 nitrogen and oxygen atoms in total. The molecule has 0 amide bonds. The fraction of sp³-hybridized carbons (Fsp3) is 0.364. The molecule has 0 spiro atoms. The summed E-state index contributed by atoms with van der Waals surface area (Å²) in [7, 11) is 0. The summed E-state index contributed by atoms with van der Waals surface area (Å²) in [4.78, 5) is 11.3. The Morgan fingerprint density at radius 2 is 2.00 bits per heavy atom. The summed E-state index contributed by atoms with van der Waals surface area (Å²) in [6, 6.07) is 1.92. The smallest absolute Gasteiger partial charge is 0.417 e. The summed E-state index contributed by atoms with van der Waals surface area (Å²) >= 11 is 0. The number of Topliss-reactive ketones (excluding diaryl/α,β-unsaturated/α-hetero) is 1. The van der Waals surface area contributed by atoms with Crippen LogP contribution in [0.1, 0.15) is 29.8 Å². The Bertz CT molecular complexity index is 441. The van der Waals surface area contributed by atoms with Crippen LogP contribution in [0.25, 0.3) is 0 Å².